The first-order valence-electron chi connectivity index (χ1n) is 10.4. The number of hydrogen-bond donors (Lipinski definition) is 1. The van der Waals surface area contributed by atoms with Crippen LogP contribution < -0.4 is 0 Å². The van der Waals surface area contributed by atoms with Gasteiger partial charge in [0.1, 0.15) is 6.10 Å². The van der Waals surface area contributed by atoms with Crippen LogP contribution in [-0.2, 0) is 29.2 Å². The Morgan fingerprint density at radius 3 is 2.00 bits per heavy atom. The number of fused-ring (bicyclic) bond motifs is 2. The number of esters is 2. The minimum Gasteiger partial charge on any atom is -0.465 e. The van der Waals surface area contributed by atoms with Gasteiger partial charge in [0.2, 0.25) is 0 Å². The molecular weight excluding hydrogens is 448 g/mol. The summed E-state index contributed by atoms with van der Waals surface area (Å²) >= 11 is 0. The van der Waals surface area contributed by atoms with Crippen LogP contribution in [0.5, 0.6) is 0 Å². The molecule has 31 heavy (non-hydrogen) atoms. The van der Waals surface area contributed by atoms with Gasteiger partial charge >= 0.3 is 33.2 Å². The molecule has 0 aromatic carbocycles. The lowest BCUT2D eigenvalue weighted by Gasteiger charge is -2.30. The smallest absolute Gasteiger partial charge is 0.431 e. The van der Waals surface area contributed by atoms with E-state index in [0.717, 1.165) is 38.5 Å². The zero-order valence-electron chi connectivity index (χ0n) is 16.8. The highest BCUT2D eigenvalue weighted by atomic mass is 32.2. The van der Waals surface area contributed by atoms with Crippen molar-refractivity contribution < 1.29 is 49.6 Å². The Morgan fingerprint density at radius 1 is 0.903 bits per heavy atom. The Morgan fingerprint density at radius 2 is 1.45 bits per heavy atom. The van der Waals surface area contributed by atoms with Gasteiger partial charge in [-0.15, -0.1) is 0 Å². The summed E-state index contributed by atoms with van der Waals surface area (Å²) in [6.45, 7) is -1.19. The Labute approximate surface area is 177 Å². The molecule has 0 amide bonds. The van der Waals surface area contributed by atoms with E-state index in [-0.39, 0.29) is 17.9 Å². The molecule has 3 saturated carbocycles. The van der Waals surface area contributed by atoms with Gasteiger partial charge in [0, 0.05) is 0 Å². The van der Waals surface area contributed by atoms with E-state index in [9.17, 15) is 35.6 Å². The summed E-state index contributed by atoms with van der Waals surface area (Å²) < 4.78 is 93.5. The summed E-state index contributed by atoms with van der Waals surface area (Å²) in [6, 6.07) is 0. The first kappa shape index (κ1) is 24.2. The van der Waals surface area contributed by atoms with Crippen molar-refractivity contribution in [2.45, 2.75) is 75.1 Å². The van der Waals surface area contributed by atoms with Crippen LogP contribution in [0.3, 0.4) is 0 Å². The van der Waals surface area contributed by atoms with E-state index in [1.807, 2.05) is 0 Å². The second-order valence-electron chi connectivity index (χ2n) is 8.70. The molecule has 0 radical (unpaired) electrons. The van der Waals surface area contributed by atoms with Crippen LogP contribution in [0.4, 0.5) is 17.6 Å². The van der Waals surface area contributed by atoms with E-state index in [1.54, 1.807) is 0 Å². The fourth-order valence-electron chi connectivity index (χ4n) is 5.11. The SMILES string of the molecule is O=C(OCCC(F)(F)C(F)(F)S(=O)(=O)O)C1C2CCC(C2)C1C(=O)OC1CCCCC1. The van der Waals surface area contributed by atoms with Crippen molar-refractivity contribution in [2.75, 3.05) is 6.61 Å². The number of alkyl halides is 4. The molecule has 12 heteroatoms. The van der Waals surface area contributed by atoms with Crippen molar-refractivity contribution in [3.05, 3.63) is 0 Å². The standard InChI is InChI=1S/C19H26F4O7S/c20-18(21,19(22,23)31(26,27)28)8-9-29-16(24)14-11-6-7-12(10-11)15(14)17(25)30-13-4-2-1-3-5-13/h11-15H,1-10H2,(H,26,27,28). The second-order valence-corrected chi connectivity index (χ2v) is 10.2. The number of carbonyl (C=O) groups excluding carboxylic acids is 2. The number of ether oxygens (including phenoxy) is 2. The van der Waals surface area contributed by atoms with Gasteiger partial charge in [-0.3, -0.25) is 14.1 Å². The molecule has 0 aromatic rings. The highest BCUT2D eigenvalue weighted by Gasteiger charge is 2.65. The van der Waals surface area contributed by atoms with E-state index in [4.69, 9.17) is 14.0 Å². The molecule has 3 aliphatic rings. The number of carbonyl (C=O) groups is 2. The quantitative estimate of drug-likeness (QED) is 0.326. The lowest BCUT2D eigenvalue weighted by atomic mass is 9.79. The average molecular weight is 474 g/mol. The number of rotatable bonds is 8. The van der Waals surface area contributed by atoms with Crippen LogP contribution in [0.25, 0.3) is 0 Å². The molecule has 0 aromatic heterocycles. The van der Waals surface area contributed by atoms with Gasteiger partial charge in [-0.25, -0.2) is 0 Å². The van der Waals surface area contributed by atoms with Gasteiger partial charge in [0.25, 0.3) is 0 Å². The monoisotopic (exact) mass is 474 g/mol. The predicted molar refractivity (Wildman–Crippen MR) is 97.8 cm³/mol. The lowest BCUT2D eigenvalue weighted by molar-refractivity contribution is -0.179. The van der Waals surface area contributed by atoms with Crippen molar-refractivity contribution in [1.29, 1.82) is 0 Å². The molecule has 3 fully saturated rings. The minimum absolute atomic E-state index is 0.0797. The minimum atomic E-state index is -6.35. The van der Waals surface area contributed by atoms with Crippen molar-refractivity contribution >= 4 is 22.1 Å². The predicted octanol–water partition coefficient (Wildman–Crippen LogP) is 3.57. The first-order valence-corrected chi connectivity index (χ1v) is 11.9. The van der Waals surface area contributed by atoms with Crippen LogP contribution in [0.1, 0.15) is 57.8 Å². The van der Waals surface area contributed by atoms with Gasteiger partial charge in [-0.05, 0) is 56.8 Å². The van der Waals surface area contributed by atoms with E-state index in [2.05, 4.69) is 0 Å². The van der Waals surface area contributed by atoms with Crippen LogP contribution in [0, 0.1) is 23.7 Å². The van der Waals surface area contributed by atoms with Crippen LogP contribution in [-0.4, -0.2) is 48.8 Å². The van der Waals surface area contributed by atoms with Gasteiger partial charge in [-0.1, -0.05) is 6.42 Å². The highest BCUT2D eigenvalue weighted by Crippen LogP contribution is 2.53. The summed E-state index contributed by atoms with van der Waals surface area (Å²) in [5, 5.41) is -5.72. The van der Waals surface area contributed by atoms with Gasteiger partial charge < -0.3 is 9.47 Å². The first-order chi connectivity index (χ1) is 14.3. The van der Waals surface area contributed by atoms with Gasteiger partial charge in [0.05, 0.1) is 24.9 Å². The van der Waals surface area contributed by atoms with Crippen molar-refractivity contribution in [3.63, 3.8) is 0 Å². The third kappa shape index (κ3) is 4.84. The Bertz CT molecular complexity index is 795. The summed E-state index contributed by atoms with van der Waals surface area (Å²) in [7, 11) is -6.35. The summed E-state index contributed by atoms with van der Waals surface area (Å²) in [4.78, 5) is 25.3. The maximum absolute atomic E-state index is 13.6. The average Bonchev–Trinajstić information content (AvgIpc) is 3.29. The van der Waals surface area contributed by atoms with E-state index in [1.165, 1.54) is 0 Å². The molecule has 4 atom stereocenters. The van der Waals surface area contributed by atoms with E-state index in [0.29, 0.717) is 12.8 Å². The molecule has 3 aliphatic carbocycles. The molecule has 7 nitrogen and oxygen atoms in total. The zero-order chi connectivity index (χ0) is 23.0. The molecule has 4 unspecified atom stereocenters. The number of hydrogen-bond acceptors (Lipinski definition) is 6. The van der Waals surface area contributed by atoms with Crippen LogP contribution in [0.2, 0.25) is 0 Å². The molecule has 2 bridgehead atoms. The van der Waals surface area contributed by atoms with Crippen LogP contribution >= 0.6 is 0 Å². The molecule has 1 N–H and O–H groups in total. The fourth-order valence-corrected chi connectivity index (χ4v) is 5.59. The second kappa shape index (κ2) is 8.84. The highest BCUT2D eigenvalue weighted by molar-refractivity contribution is 7.87. The van der Waals surface area contributed by atoms with E-state index < -0.39 is 58.1 Å². The van der Waals surface area contributed by atoms with Crippen molar-refractivity contribution in [3.8, 4) is 0 Å². The van der Waals surface area contributed by atoms with Crippen LogP contribution in [0.15, 0.2) is 0 Å². The molecule has 0 spiro atoms. The molecule has 0 saturated heterocycles. The Balaban J connectivity index is 1.60. The normalized spacial score (nSPS) is 29.7. The lowest BCUT2D eigenvalue weighted by Crippen LogP contribution is -2.47. The molecule has 178 valence electrons. The molecule has 3 rings (SSSR count). The third-order valence-corrected chi connectivity index (χ3v) is 7.65. The number of halogens is 4. The van der Waals surface area contributed by atoms with Crippen molar-refractivity contribution in [2.24, 2.45) is 23.7 Å². The van der Waals surface area contributed by atoms with Gasteiger partial charge in [0.15, 0.2) is 0 Å². The largest absolute Gasteiger partial charge is 0.465 e. The Hall–Kier alpha value is -1.43. The third-order valence-electron chi connectivity index (χ3n) is 6.71. The molecule has 0 aliphatic heterocycles. The topological polar surface area (TPSA) is 107 Å². The molecular formula is C19H26F4O7S. The fraction of sp³-hybridized carbons (Fsp3) is 0.895. The maximum atomic E-state index is 13.6. The Kier molecular flexibility index (Phi) is 6.90. The summed E-state index contributed by atoms with van der Waals surface area (Å²) in [5.41, 5.74) is 0. The van der Waals surface area contributed by atoms with Crippen molar-refractivity contribution in [1.82, 2.24) is 0 Å². The summed E-state index contributed by atoms with van der Waals surface area (Å²) in [5.74, 6) is -8.52. The summed E-state index contributed by atoms with van der Waals surface area (Å²) in [6.07, 6.45) is 4.44. The van der Waals surface area contributed by atoms with Gasteiger partial charge in [-0.2, -0.15) is 26.0 Å². The van der Waals surface area contributed by atoms with E-state index >= 15 is 0 Å². The molecule has 0 heterocycles. The zero-order valence-corrected chi connectivity index (χ0v) is 17.6. The maximum Gasteiger partial charge on any atom is 0.431 e.